The lowest BCUT2D eigenvalue weighted by Crippen LogP contribution is -2.35. The van der Waals surface area contributed by atoms with Gasteiger partial charge in [-0.2, -0.15) is 0 Å². The van der Waals surface area contributed by atoms with E-state index in [2.05, 4.69) is 19.2 Å². The number of hydrogen-bond acceptors (Lipinski definition) is 4. The van der Waals surface area contributed by atoms with Crippen molar-refractivity contribution in [2.75, 3.05) is 18.5 Å². The molecule has 0 fully saturated rings. The Kier molecular flexibility index (Phi) is 6.84. The van der Waals surface area contributed by atoms with Crippen LogP contribution in [0.5, 0.6) is 5.75 Å². The first-order chi connectivity index (χ1) is 14.7. The number of nitrogens with one attached hydrogen (secondary N) is 1. The quantitative estimate of drug-likeness (QED) is 0.598. The molecule has 0 unspecified atom stereocenters. The standard InChI is InChI=1S/C26H32N2O3/c1-16(2)14-28-25(29)23(20-8-11-22(12-9-20)31-15-17(3)4)24(26(28)30)27-21-10-7-18(5)19(6)13-21/h7-13,16-17,27H,14-15H2,1-6H3. The molecule has 0 spiro atoms. The second-order valence-corrected chi connectivity index (χ2v) is 9.02. The summed E-state index contributed by atoms with van der Waals surface area (Å²) < 4.78 is 5.76. The molecule has 2 amide bonds. The third-order valence-corrected chi connectivity index (χ3v) is 5.22. The predicted octanol–water partition coefficient (Wildman–Crippen LogP) is 5.19. The molecule has 1 aliphatic rings. The molecule has 0 aliphatic carbocycles. The van der Waals surface area contributed by atoms with Crippen LogP contribution in [0.25, 0.3) is 5.57 Å². The van der Waals surface area contributed by atoms with Crippen molar-refractivity contribution in [1.82, 2.24) is 4.90 Å². The zero-order valence-corrected chi connectivity index (χ0v) is 19.3. The highest BCUT2D eigenvalue weighted by Gasteiger charge is 2.39. The minimum atomic E-state index is -0.285. The summed E-state index contributed by atoms with van der Waals surface area (Å²) in [7, 11) is 0. The Morgan fingerprint density at radius 1 is 0.871 bits per heavy atom. The molecule has 2 aromatic carbocycles. The summed E-state index contributed by atoms with van der Waals surface area (Å²) in [4.78, 5) is 27.8. The van der Waals surface area contributed by atoms with E-state index in [0.717, 1.165) is 17.0 Å². The minimum absolute atomic E-state index is 0.182. The number of imide groups is 1. The lowest BCUT2D eigenvalue weighted by atomic mass is 10.0. The van der Waals surface area contributed by atoms with E-state index in [1.807, 2.05) is 70.2 Å². The summed E-state index contributed by atoms with van der Waals surface area (Å²) in [5.41, 5.74) is 4.51. The first-order valence-electron chi connectivity index (χ1n) is 10.8. The zero-order chi connectivity index (χ0) is 22.7. The van der Waals surface area contributed by atoms with Crippen molar-refractivity contribution in [2.24, 2.45) is 11.8 Å². The molecule has 0 saturated heterocycles. The van der Waals surface area contributed by atoms with Crippen molar-refractivity contribution < 1.29 is 14.3 Å². The second-order valence-electron chi connectivity index (χ2n) is 9.02. The van der Waals surface area contributed by atoms with Crippen molar-refractivity contribution >= 4 is 23.1 Å². The monoisotopic (exact) mass is 420 g/mol. The molecule has 0 bridgehead atoms. The molecular formula is C26H32N2O3. The van der Waals surface area contributed by atoms with Gasteiger partial charge in [0.25, 0.3) is 11.8 Å². The molecule has 1 heterocycles. The van der Waals surface area contributed by atoms with Gasteiger partial charge in [0.15, 0.2) is 0 Å². The maximum absolute atomic E-state index is 13.2. The number of ether oxygens (including phenoxy) is 1. The summed E-state index contributed by atoms with van der Waals surface area (Å²) in [5, 5.41) is 3.23. The fraction of sp³-hybridized carbons (Fsp3) is 0.385. The molecule has 164 valence electrons. The van der Waals surface area contributed by atoms with Crippen LogP contribution in [0, 0.1) is 25.7 Å². The minimum Gasteiger partial charge on any atom is -0.493 e. The number of carbonyl (C=O) groups excluding carboxylic acids is 2. The van der Waals surface area contributed by atoms with Gasteiger partial charge in [0.1, 0.15) is 11.4 Å². The molecule has 31 heavy (non-hydrogen) atoms. The Labute approximate surface area is 185 Å². The summed E-state index contributed by atoms with van der Waals surface area (Å²) in [6, 6.07) is 13.3. The summed E-state index contributed by atoms with van der Waals surface area (Å²) in [6.07, 6.45) is 0. The van der Waals surface area contributed by atoms with Crippen LogP contribution < -0.4 is 10.1 Å². The lowest BCUT2D eigenvalue weighted by molar-refractivity contribution is -0.137. The highest BCUT2D eigenvalue weighted by atomic mass is 16.5. The van der Waals surface area contributed by atoms with Crippen molar-refractivity contribution in [3.8, 4) is 5.75 Å². The van der Waals surface area contributed by atoms with Crippen LogP contribution in [0.2, 0.25) is 0 Å². The first-order valence-corrected chi connectivity index (χ1v) is 10.8. The van der Waals surface area contributed by atoms with Gasteiger partial charge in [-0.05, 0) is 66.6 Å². The molecule has 5 heteroatoms. The molecular weight excluding hydrogens is 388 g/mol. The second kappa shape index (κ2) is 9.38. The number of hydrogen-bond donors (Lipinski definition) is 1. The number of aryl methyl sites for hydroxylation is 2. The van der Waals surface area contributed by atoms with Gasteiger partial charge in [-0.3, -0.25) is 14.5 Å². The molecule has 0 atom stereocenters. The fourth-order valence-corrected chi connectivity index (χ4v) is 3.43. The molecule has 1 N–H and O–H groups in total. The maximum atomic E-state index is 13.2. The van der Waals surface area contributed by atoms with E-state index in [9.17, 15) is 9.59 Å². The van der Waals surface area contributed by atoms with Crippen LogP contribution in [0.3, 0.4) is 0 Å². The Bertz CT molecular complexity index is 1000. The van der Waals surface area contributed by atoms with Gasteiger partial charge < -0.3 is 10.1 Å². The SMILES string of the molecule is Cc1ccc(NC2=C(c3ccc(OCC(C)C)cc3)C(=O)N(CC(C)C)C2=O)cc1C. The molecule has 1 aliphatic heterocycles. The van der Waals surface area contributed by atoms with Crippen LogP contribution in [0.15, 0.2) is 48.2 Å². The van der Waals surface area contributed by atoms with Gasteiger partial charge in [0, 0.05) is 12.2 Å². The number of rotatable bonds is 8. The van der Waals surface area contributed by atoms with Crippen molar-refractivity contribution in [2.45, 2.75) is 41.5 Å². The third-order valence-electron chi connectivity index (χ3n) is 5.22. The third kappa shape index (κ3) is 5.16. The smallest absolute Gasteiger partial charge is 0.278 e. The highest BCUT2D eigenvalue weighted by Crippen LogP contribution is 2.32. The van der Waals surface area contributed by atoms with E-state index >= 15 is 0 Å². The van der Waals surface area contributed by atoms with Crippen LogP contribution >= 0.6 is 0 Å². The van der Waals surface area contributed by atoms with E-state index in [-0.39, 0.29) is 17.7 Å². The van der Waals surface area contributed by atoms with E-state index in [1.54, 1.807) is 0 Å². The van der Waals surface area contributed by atoms with Gasteiger partial charge in [-0.25, -0.2) is 0 Å². The van der Waals surface area contributed by atoms with Crippen LogP contribution in [-0.4, -0.2) is 29.9 Å². The number of anilines is 1. The average Bonchev–Trinajstić information content (AvgIpc) is 2.93. The summed E-state index contributed by atoms with van der Waals surface area (Å²) in [6.45, 7) is 13.3. The summed E-state index contributed by atoms with van der Waals surface area (Å²) in [5.74, 6) is 0.808. The Hall–Kier alpha value is -3.08. The van der Waals surface area contributed by atoms with E-state index < -0.39 is 0 Å². The molecule has 2 aromatic rings. The van der Waals surface area contributed by atoms with E-state index in [4.69, 9.17) is 4.74 Å². The molecule has 0 radical (unpaired) electrons. The summed E-state index contributed by atoms with van der Waals surface area (Å²) >= 11 is 0. The number of carbonyl (C=O) groups is 2. The van der Waals surface area contributed by atoms with E-state index in [0.29, 0.717) is 35.9 Å². The fourth-order valence-electron chi connectivity index (χ4n) is 3.43. The van der Waals surface area contributed by atoms with Gasteiger partial charge in [-0.1, -0.05) is 45.9 Å². The van der Waals surface area contributed by atoms with Crippen LogP contribution in [-0.2, 0) is 9.59 Å². The Balaban J connectivity index is 1.98. The maximum Gasteiger partial charge on any atom is 0.278 e. The lowest BCUT2D eigenvalue weighted by Gasteiger charge is -2.17. The first kappa shape index (κ1) is 22.6. The largest absolute Gasteiger partial charge is 0.493 e. The van der Waals surface area contributed by atoms with E-state index in [1.165, 1.54) is 10.5 Å². The number of benzene rings is 2. The highest BCUT2D eigenvalue weighted by molar-refractivity contribution is 6.36. The Morgan fingerprint density at radius 3 is 2.13 bits per heavy atom. The van der Waals surface area contributed by atoms with Gasteiger partial charge in [0.2, 0.25) is 0 Å². The topological polar surface area (TPSA) is 58.6 Å². The predicted molar refractivity (Wildman–Crippen MR) is 125 cm³/mol. The zero-order valence-electron chi connectivity index (χ0n) is 19.3. The molecule has 0 saturated carbocycles. The van der Waals surface area contributed by atoms with Crippen molar-refractivity contribution in [3.05, 3.63) is 64.9 Å². The Morgan fingerprint density at radius 2 is 1.55 bits per heavy atom. The van der Waals surface area contributed by atoms with Crippen molar-refractivity contribution in [1.29, 1.82) is 0 Å². The average molecular weight is 421 g/mol. The van der Waals surface area contributed by atoms with Crippen LogP contribution in [0.4, 0.5) is 5.69 Å². The molecule has 0 aromatic heterocycles. The number of amides is 2. The number of nitrogens with zero attached hydrogens (tertiary/aromatic N) is 1. The normalized spacial score (nSPS) is 14.3. The molecule has 5 nitrogen and oxygen atoms in total. The van der Waals surface area contributed by atoms with Gasteiger partial charge >= 0.3 is 0 Å². The molecule has 3 rings (SSSR count). The van der Waals surface area contributed by atoms with Gasteiger partial charge in [0.05, 0.1) is 12.2 Å². The van der Waals surface area contributed by atoms with Crippen molar-refractivity contribution in [3.63, 3.8) is 0 Å². The van der Waals surface area contributed by atoms with Gasteiger partial charge in [-0.15, -0.1) is 0 Å². The van der Waals surface area contributed by atoms with Crippen LogP contribution in [0.1, 0.15) is 44.4 Å².